The molecule has 0 radical (unpaired) electrons. The normalized spacial score (nSPS) is 18.9. The molecule has 0 aromatic carbocycles. The van der Waals surface area contributed by atoms with Gasteiger partial charge in [-0.1, -0.05) is 13.8 Å². The molecule has 114 valence electrons. The van der Waals surface area contributed by atoms with Crippen molar-refractivity contribution in [2.45, 2.75) is 34.1 Å². The van der Waals surface area contributed by atoms with Crippen molar-refractivity contribution in [2.24, 2.45) is 11.3 Å². The van der Waals surface area contributed by atoms with Crippen LogP contribution in [0.4, 0.5) is 0 Å². The van der Waals surface area contributed by atoms with Crippen LogP contribution in [0.5, 0.6) is 0 Å². The van der Waals surface area contributed by atoms with Gasteiger partial charge in [-0.05, 0) is 12.8 Å². The van der Waals surface area contributed by atoms with Gasteiger partial charge in [-0.15, -0.1) is 0 Å². The largest absolute Gasteiger partial charge is 0.481 e. The lowest BCUT2D eigenvalue weighted by atomic mass is 9.76. The molecule has 0 bridgehead atoms. The van der Waals surface area contributed by atoms with E-state index in [4.69, 9.17) is 0 Å². The topological polar surface area (TPSA) is 77.9 Å². The van der Waals surface area contributed by atoms with Crippen molar-refractivity contribution >= 4 is 17.8 Å². The minimum absolute atomic E-state index is 0.0000709. The van der Waals surface area contributed by atoms with Crippen LogP contribution in [0.2, 0.25) is 0 Å². The second-order valence-corrected chi connectivity index (χ2v) is 5.94. The number of hydrogen-bond acceptors (Lipinski definition) is 3. The lowest BCUT2D eigenvalue weighted by Gasteiger charge is -2.36. The number of carbonyl (C=O) groups excluding carboxylic acids is 2. The maximum atomic E-state index is 12.3. The zero-order valence-electron chi connectivity index (χ0n) is 12.7. The number of carboxylic acid groups (broad SMARTS) is 1. The molecule has 1 aliphatic rings. The highest BCUT2D eigenvalue weighted by Gasteiger charge is 2.40. The molecule has 1 aliphatic heterocycles. The zero-order valence-corrected chi connectivity index (χ0v) is 12.7. The summed E-state index contributed by atoms with van der Waals surface area (Å²) >= 11 is 0. The van der Waals surface area contributed by atoms with E-state index >= 15 is 0 Å². The summed E-state index contributed by atoms with van der Waals surface area (Å²) in [6.45, 7) is 8.75. The van der Waals surface area contributed by atoms with E-state index in [1.807, 2.05) is 13.8 Å². The monoisotopic (exact) mass is 284 g/mol. The van der Waals surface area contributed by atoms with Crippen LogP contribution in [0.1, 0.15) is 34.1 Å². The van der Waals surface area contributed by atoms with Crippen LogP contribution < -0.4 is 0 Å². The summed E-state index contributed by atoms with van der Waals surface area (Å²) < 4.78 is 0. The molecular weight excluding hydrogens is 260 g/mol. The Balaban J connectivity index is 2.64. The maximum absolute atomic E-state index is 12.3. The molecule has 6 heteroatoms. The third-order valence-corrected chi connectivity index (χ3v) is 4.36. The van der Waals surface area contributed by atoms with Crippen LogP contribution in [0.25, 0.3) is 0 Å². The molecule has 0 aromatic heterocycles. The first kappa shape index (κ1) is 16.5. The Hall–Kier alpha value is -1.59. The first-order valence-corrected chi connectivity index (χ1v) is 6.95. The summed E-state index contributed by atoms with van der Waals surface area (Å²) in [5, 5.41) is 9.34. The van der Waals surface area contributed by atoms with Gasteiger partial charge in [-0.2, -0.15) is 0 Å². The minimum atomic E-state index is -1.05. The summed E-state index contributed by atoms with van der Waals surface area (Å²) in [6, 6.07) is 0. The Morgan fingerprint density at radius 3 is 1.90 bits per heavy atom. The van der Waals surface area contributed by atoms with Gasteiger partial charge in [-0.25, -0.2) is 0 Å². The molecular formula is C14H24N2O4. The van der Waals surface area contributed by atoms with Crippen molar-refractivity contribution in [2.75, 3.05) is 26.2 Å². The van der Waals surface area contributed by atoms with E-state index in [2.05, 4.69) is 0 Å². The molecule has 2 amide bonds. The number of nitrogens with zero attached hydrogens (tertiary/aromatic N) is 2. The van der Waals surface area contributed by atoms with E-state index in [9.17, 15) is 19.5 Å². The van der Waals surface area contributed by atoms with Gasteiger partial charge in [-0.3, -0.25) is 14.4 Å². The Labute approximate surface area is 119 Å². The summed E-state index contributed by atoms with van der Waals surface area (Å²) in [5.74, 6) is -1.20. The average molecular weight is 284 g/mol. The molecule has 6 nitrogen and oxygen atoms in total. The maximum Gasteiger partial charge on any atom is 0.310 e. The number of rotatable bonds is 4. The van der Waals surface area contributed by atoms with E-state index in [1.165, 1.54) is 6.92 Å². The number of hydrogen-bond donors (Lipinski definition) is 1. The number of carbonyl (C=O) groups is 3. The molecule has 1 unspecified atom stereocenters. The van der Waals surface area contributed by atoms with E-state index in [0.29, 0.717) is 26.2 Å². The van der Waals surface area contributed by atoms with Crippen LogP contribution in [0, 0.1) is 11.3 Å². The highest BCUT2D eigenvalue weighted by atomic mass is 16.4. The van der Waals surface area contributed by atoms with Crippen LogP contribution in [0.15, 0.2) is 0 Å². The first-order valence-electron chi connectivity index (χ1n) is 6.95. The summed E-state index contributed by atoms with van der Waals surface area (Å²) in [6.07, 6.45) is 0.0000709. The fourth-order valence-corrected chi connectivity index (χ4v) is 2.22. The van der Waals surface area contributed by atoms with Gasteiger partial charge in [0, 0.05) is 39.5 Å². The fraction of sp³-hybridized carbons (Fsp3) is 0.786. The summed E-state index contributed by atoms with van der Waals surface area (Å²) in [4.78, 5) is 38.2. The van der Waals surface area contributed by atoms with Crippen molar-refractivity contribution < 1.29 is 19.5 Å². The molecule has 0 saturated carbocycles. The number of piperazine rings is 1. The molecule has 1 fully saturated rings. The zero-order chi connectivity index (χ0) is 15.5. The second kappa shape index (κ2) is 6.24. The molecule has 1 saturated heterocycles. The van der Waals surface area contributed by atoms with Crippen LogP contribution in [0.3, 0.4) is 0 Å². The lowest BCUT2D eigenvalue weighted by molar-refractivity contribution is -0.156. The van der Waals surface area contributed by atoms with Crippen molar-refractivity contribution in [3.8, 4) is 0 Å². The molecule has 0 spiro atoms. The lowest BCUT2D eigenvalue weighted by Crippen LogP contribution is -2.51. The van der Waals surface area contributed by atoms with Gasteiger partial charge in [0.15, 0.2) is 0 Å². The molecule has 20 heavy (non-hydrogen) atoms. The van der Waals surface area contributed by atoms with Gasteiger partial charge in [0.2, 0.25) is 11.8 Å². The molecule has 0 aromatic rings. The van der Waals surface area contributed by atoms with Crippen molar-refractivity contribution in [1.29, 1.82) is 0 Å². The van der Waals surface area contributed by atoms with E-state index in [1.54, 1.807) is 16.7 Å². The fourth-order valence-electron chi connectivity index (χ4n) is 2.22. The van der Waals surface area contributed by atoms with Gasteiger partial charge >= 0.3 is 5.97 Å². The SMILES string of the molecule is CC(=O)N1CCN(C(=O)CC(C)(C(=O)O)C(C)C)CC1. The third-order valence-electron chi connectivity index (χ3n) is 4.36. The smallest absolute Gasteiger partial charge is 0.310 e. The molecule has 1 N–H and O–H groups in total. The summed E-state index contributed by atoms with van der Waals surface area (Å²) in [5.41, 5.74) is -1.05. The van der Waals surface area contributed by atoms with Crippen LogP contribution >= 0.6 is 0 Å². The Kier molecular flexibility index (Phi) is 5.14. The predicted octanol–water partition coefficient (Wildman–Crippen LogP) is 0.814. The summed E-state index contributed by atoms with van der Waals surface area (Å²) in [7, 11) is 0. The first-order chi connectivity index (χ1) is 9.18. The minimum Gasteiger partial charge on any atom is -0.481 e. The number of aliphatic carboxylic acids is 1. The van der Waals surface area contributed by atoms with E-state index in [0.717, 1.165) is 0 Å². The molecule has 1 rings (SSSR count). The Morgan fingerprint density at radius 2 is 1.55 bits per heavy atom. The quantitative estimate of drug-likeness (QED) is 0.829. The molecule has 0 aliphatic carbocycles. The van der Waals surface area contributed by atoms with Gasteiger partial charge in [0.05, 0.1) is 5.41 Å². The van der Waals surface area contributed by atoms with E-state index in [-0.39, 0.29) is 24.2 Å². The third kappa shape index (κ3) is 3.49. The van der Waals surface area contributed by atoms with Gasteiger partial charge in [0.25, 0.3) is 0 Å². The average Bonchev–Trinajstić information content (AvgIpc) is 2.38. The number of carboxylic acids is 1. The molecule has 1 heterocycles. The standard InChI is InChI=1S/C14H24N2O4/c1-10(2)14(4,13(19)20)9-12(18)16-7-5-15(6-8-16)11(3)17/h10H,5-9H2,1-4H3,(H,19,20). The predicted molar refractivity (Wildman–Crippen MR) is 74.0 cm³/mol. The Bertz CT molecular complexity index is 400. The Morgan fingerprint density at radius 1 is 1.10 bits per heavy atom. The molecule has 1 atom stereocenters. The van der Waals surface area contributed by atoms with Crippen LogP contribution in [-0.4, -0.2) is 58.9 Å². The number of amides is 2. The van der Waals surface area contributed by atoms with Crippen molar-refractivity contribution in [3.63, 3.8) is 0 Å². The second-order valence-electron chi connectivity index (χ2n) is 5.94. The highest BCUT2D eigenvalue weighted by molar-refractivity contribution is 5.85. The van der Waals surface area contributed by atoms with Crippen molar-refractivity contribution in [3.05, 3.63) is 0 Å². The van der Waals surface area contributed by atoms with Gasteiger partial charge in [0.1, 0.15) is 0 Å². The van der Waals surface area contributed by atoms with Crippen molar-refractivity contribution in [1.82, 2.24) is 9.80 Å². The van der Waals surface area contributed by atoms with E-state index < -0.39 is 11.4 Å². The highest BCUT2D eigenvalue weighted by Crippen LogP contribution is 2.32. The van der Waals surface area contributed by atoms with Crippen LogP contribution in [-0.2, 0) is 14.4 Å². The van der Waals surface area contributed by atoms with Gasteiger partial charge < -0.3 is 14.9 Å².